The largest absolute Gasteiger partial charge is 0.309 e. The molecule has 10 aromatic rings. The summed E-state index contributed by atoms with van der Waals surface area (Å²) in [5, 5.41) is 7.56. The molecule has 0 saturated heterocycles. The molecule has 0 aliphatic rings. The van der Waals surface area contributed by atoms with Gasteiger partial charge in [-0.1, -0.05) is 133 Å². The summed E-state index contributed by atoms with van der Waals surface area (Å²) in [6.45, 7) is 0. The van der Waals surface area contributed by atoms with E-state index in [4.69, 9.17) is 9.97 Å². The van der Waals surface area contributed by atoms with Crippen molar-refractivity contribution < 1.29 is 0 Å². The van der Waals surface area contributed by atoms with E-state index in [1.807, 2.05) is 35.6 Å². The van der Waals surface area contributed by atoms with Crippen molar-refractivity contribution >= 4 is 64.1 Å². The minimum absolute atomic E-state index is 0.728. The average Bonchev–Trinajstić information content (AvgIpc) is 3.71. The molecule has 0 saturated carbocycles. The number of hydrogen-bond acceptors (Lipinski definition) is 3. The van der Waals surface area contributed by atoms with Crippen molar-refractivity contribution in [1.29, 1.82) is 0 Å². The number of para-hydroxylation sites is 1. The number of benzene rings is 7. The summed E-state index contributed by atoms with van der Waals surface area (Å²) in [7, 11) is 0. The third kappa shape index (κ3) is 4.20. The Labute approximate surface area is 281 Å². The lowest BCUT2D eigenvalue weighted by molar-refractivity contribution is 1.19. The number of aromatic nitrogens is 3. The molecule has 48 heavy (non-hydrogen) atoms. The van der Waals surface area contributed by atoms with Crippen molar-refractivity contribution in [2.45, 2.75) is 0 Å². The van der Waals surface area contributed by atoms with E-state index < -0.39 is 0 Å². The second-order valence-electron chi connectivity index (χ2n) is 12.2. The summed E-state index contributed by atoms with van der Waals surface area (Å²) in [5.74, 6) is 0.728. The summed E-state index contributed by atoms with van der Waals surface area (Å²) in [6, 6.07) is 58.2. The van der Waals surface area contributed by atoms with Crippen LogP contribution in [-0.4, -0.2) is 14.5 Å². The fraction of sp³-hybridized carbons (Fsp3) is 0. The normalized spacial score (nSPS) is 11.8. The molecule has 0 aliphatic heterocycles. The second kappa shape index (κ2) is 10.7. The van der Waals surface area contributed by atoms with E-state index in [-0.39, 0.29) is 0 Å². The quantitative estimate of drug-likeness (QED) is 0.194. The van der Waals surface area contributed by atoms with Crippen LogP contribution in [0.3, 0.4) is 0 Å². The SMILES string of the molecule is c1ccc(-c2cc(-c3cccc4c3sc3c4ccc4c3c3ccccc3n4-c3ccc4ccccc4c3)nc(-c3ccccc3)n2)cc1. The third-order valence-corrected chi connectivity index (χ3v) is 10.7. The van der Waals surface area contributed by atoms with Crippen LogP contribution in [0.1, 0.15) is 0 Å². The van der Waals surface area contributed by atoms with Gasteiger partial charge in [0, 0.05) is 53.3 Å². The predicted octanol–water partition coefficient (Wildman–Crippen LogP) is 12.1. The molecule has 0 amide bonds. The van der Waals surface area contributed by atoms with Gasteiger partial charge in [0.2, 0.25) is 0 Å². The highest BCUT2D eigenvalue weighted by Gasteiger charge is 2.20. The monoisotopic (exact) mass is 629 g/mol. The van der Waals surface area contributed by atoms with Gasteiger partial charge in [-0.25, -0.2) is 9.97 Å². The molecule has 0 unspecified atom stereocenters. The first-order valence-corrected chi connectivity index (χ1v) is 17.0. The maximum absolute atomic E-state index is 5.19. The molecule has 3 heterocycles. The van der Waals surface area contributed by atoms with Crippen LogP contribution in [0.25, 0.3) is 92.3 Å². The van der Waals surface area contributed by atoms with E-state index >= 15 is 0 Å². The Morgan fingerprint density at radius 2 is 1.12 bits per heavy atom. The minimum Gasteiger partial charge on any atom is -0.309 e. The Morgan fingerprint density at radius 1 is 0.438 bits per heavy atom. The maximum atomic E-state index is 5.19. The van der Waals surface area contributed by atoms with Gasteiger partial charge in [-0.3, -0.25) is 0 Å². The summed E-state index contributed by atoms with van der Waals surface area (Å²) in [4.78, 5) is 10.2. The fourth-order valence-electron chi connectivity index (χ4n) is 7.16. The lowest BCUT2D eigenvalue weighted by Crippen LogP contribution is -1.95. The summed E-state index contributed by atoms with van der Waals surface area (Å²) in [5.41, 5.74) is 8.64. The van der Waals surface area contributed by atoms with Crippen molar-refractivity contribution in [1.82, 2.24) is 14.5 Å². The number of rotatable bonds is 4. The summed E-state index contributed by atoms with van der Waals surface area (Å²) < 4.78 is 4.95. The van der Waals surface area contributed by atoms with Crippen molar-refractivity contribution in [2.24, 2.45) is 0 Å². The molecular weight excluding hydrogens is 603 g/mol. The van der Waals surface area contributed by atoms with Crippen LogP contribution in [0.4, 0.5) is 0 Å². The van der Waals surface area contributed by atoms with E-state index in [2.05, 4.69) is 144 Å². The number of thiophene rings is 1. The first-order valence-electron chi connectivity index (χ1n) is 16.2. The van der Waals surface area contributed by atoms with Crippen LogP contribution in [0, 0.1) is 0 Å². The highest BCUT2D eigenvalue weighted by atomic mass is 32.1. The Morgan fingerprint density at radius 3 is 1.98 bits per heavy atom. The molecule has 4 heteroatoms. The van der Waals surface area contributed by atoms with Gasteiger partial charge in [-0.15, -0.1) is 11.3 Å². The summed E-state index contributed by atoms with van der Waals surface area (Å²) >= 11 is 1.87. The molecule has 0 aliphatic carbocycles. The standard InChI is InChI=1S/C44H27N3S/c1-3-13-29(14-4-1)37-27-38(46-44(45-37)30-15-5-2-6-16-30)35-20-11-19-33-34-24-25-40-41(43(34)48-42(33)35)36-18-9-10-21-39(36)47(40)32-23-22-28-12-7-8-17-31(28)26-32/h1-27H. The number of fused-ring (bicyclic) bond motifs is 8. The second-order valence-corrected chi connectivity index (χ2v) is 13.2. The Balaban J connectivity index is 1.24. The molecule has 0 bridgehead atoms. The van der Waals surface area contributed by atoms with Crippen molar-refractivity contribution in [3.8, 4) is 39.6 Å². The van der Waals surface area contributed by atoms with E-state index in [1.165, 1.54) is 58.4 Å². The number of hydrogen-bond donors (Lipinski definition) is 0. The zero-order valence-corrected chi connectivity index (χ0v) is 26.7. The van der Waals surface area contributed by atoms with Gasteiger partial charge in [0.1, 0.15) is 0 Å². The van der Waals surface area contributed by atoms with Crippen molar-refractivity contribution in [3.05, 3.63) is 164 Å². The van der Waals surface area contributed by atoms with Crippen LogP contribution in [-0.2, 0) is 0 Å². The maximum Gasteiger partial charge on any atom is 0.160 e. The molecule has 0 atom stereocenters. The van der Waals surface area contributed by atoms with Gasteiger partial charge < -0.3 is 4.57 Å². The van der Waals surface area contributed by atoms with Gasteiger partial charge in [0.15, 0.2) is 5.82 Å². The van der Waals surface area contributed by atoms with Crippen LogP contribution in [0.15, 0.2) is 164 Å². The third-order valence-electron chi connectivity index (χ3n) is 9.40. The molecular formula is C44H27N3S. The van der Waals surface area contributed by atoms with Gasteiger partial charge in [0.25, 0.3) is 0 Å². The molecule has 7 aromatic carbocycles. The first-order chi connectivity index (χ1) is 23.8. The zero-order chi connectivity index (χ0) is 31.6. The molecule has 0 spiro atoms. The van der Waals surface area contributed by atoms with E-state index in [0.29, 0.717) is 0 Å². The molecule has 0 fully saturated rings. The van der Waals surface area contributed by atoms with Gasteiger partial charge in [-0.2, -0.15) is 0 Å². The molecule has 0 N–H and O–H groups in total. The van der Waals surface area contributed by atoms with Crippen LogP contribution < -0.4 is 0 Å². The van der Waals surface area contributed by atoms with Crippen molar-refractivity contribution in [3.63, 3.8) is 0 Å². The zero-order valence-electron chi connectivity index (χ0n) is 25.8. The number of nitrogens with zero attached hydrogens (tertiary/aromatic N) is 3. The Bertz CT molecular complexity index is 2770. The molecule has 3 nitrogen and oxygen atoms in total. The van der Waals surface area contributed by atoms with Crippen LogP contribution in [0.2, 0.25) is 0 Å². The lowest BCUT2D eigenvalue weighted by atomic mass is 10.0. The van der Waals surface area contributed by atoms with E-state index in [9.17, 15) is 0 Å². The van der Waals surface area contributed by atoms with Gasteiger partial charge in [-0.05, 0) is 41.1 Å². The van der Waals surface area contributed by atoms with Crippen molar-refractivity contribution in [2.75, 3.05) is 0 Å². The highest BCUT2D eigenvalue weighted by molar-refractivity contribution is 7.27. The van der Waals surface area contributed by atoms with E-state index in [1.54, 1.807) is 0 Å². The van der Waals surface area contributed by atoms with E-state index in [0.717, 1.165) is 33.9 Å². The molecule has 224 valence electrons. The molecule has 10 rings (SSSR count). The smallest absolute Gasteiger partial charge is 0.160 e. The summed E-state index contributed by atoms with van der Waals surface area (Å²) in [6.07, 6.45) is 0. The van der Waals surface area contributed by atoms with Gasteiger partial charge in [0.05, 0.1) is 22.4 Å². The topological polar surface area (TPSA) is 30.7 Å². The minimum atomic E-state index is 0.728. The first kappa shape index (κ1) is 27.1. The Kier molecular flexibility index (Phi) is 6.05. The highest BCUT2D eigenvalue weighted by Crippen LogP contribution is 2.46. The predicted molar refractivity (Wildman–Crippen MR) is 203 cm³/mol. The van der Waals surface area contributed by atoms with Gasteiger partial charge >= 0.3 is 0 Å². The fourth-order valence-corrected chi connectivity index (χ4v) is 8.54. The van der Waals surface area contributed by atoms with Crippen LogP contribution >= 0.6 is 11.3 Å². The average molecular weight is 630 g/mol. The molecule has 3 aromatic heterocycles. The van der Waals surface area contributed by atoms with Crippen LogP contribution in [0.5, 0.6) is 0 Å². The Hall–Kier alpha value is -6.10. The molecule has 0 radical (unpaired) electrons. The lowest BCUT2D eigenvalue weighted by Gasteiger charge is -2.10.